The van der Waals surface area contributed by atoms with Gasteiger partial charge in [-0.1, -0.05) is 17.8 Å². The Morgan fingerprint density at radius 2 is 1.95 bits per heavy atom. The Bertz CT molecular complexity index is 678. The van der Waals surface area contributed by atoms with Crippen LogP contribution >= 0.6 is 11.8 Å². The van der Waals surface area contributed by atoms with Gasteiger partial charge in [0.1, 0.15) is 6.07 Å². The zero-order chi connectivity index (χ0) is 14.5. The zero-order valence-electron chi connectivity index (χ0n) is 10.4. The molecule has 0 unspecified atom stereocenters. The molecule has 6 heteroatoms. The lowest BCUT2D eigenvalue weighted by molar-refractivity contribution is -0.384. The lowest BCUT2D eigenvalue weighted by Gasteiger charge is -2.05. The van der Waals surface area contributed by atoms with Gasteiger partial charge < -0.3 is 5.73 Å². The van der Waals surface area contributed by atoms with Crippen LogP contribution in [0, 0.1) is 21.4 Å². The zero-order valence-corrected chi connectivity index (χ0v) is 11.3. The molecule has 2 N–H and O–H groups in total. The van der Waals surface area contributed by atoms with Gasteiger partial charge in [-0.25, -0.2) is 0 Å². The van der Waals surface area contributed by atoms with Gasteiger partial charge in [-0.2, -0.15) is 5.26 Å². The second-order valence-electron chi connectivity index (χ2n) is 4.00. The number of nitrogens with two attached hydrogens (primary N) is 1. The van der Waals surface area contributed by atoms with Crippen molar-refractivity contribution in [2.24, 2.45) is 5.73 Å². The van der Waals surface area contributed by atoms with Crippen molar-refractivity contribution in [3.05, 3.63) is 63.7 Å². The highest BCUT2D eigenvalue weighted by Gasteiger charge is 2.08. The summed E-state index contributed by atoms with van der Waals surface area (Å²) < 4.78 is 0. The average molecular weight is 285 g/mol. The minimum absolute atomic E-state index is 0.0494. The molecule has 0 bridgehead atoms. The Balaban J connectivity index is 2.26. The molecule has 2 aromatic rings. The Kier molecular flexibility index (Phi) is 4.35. The van der Waals surface area contributed by atoms with Gasteiger partial charge in [-0.15, -0.1) is 0 Å². The molecule has 0 spiro atoms. The van der Waals surface area contributed by atoms with Crippen molar-refractivity contribution in [1.82, 2.24) is 0 Å². The first kappa shape index (κ1) is 14.1. The van der Waals surface area contributed by atoms with Gasteiger partial charge in [0.05, 0.1) is 10.5 Å². The second kappa shape index (κ2) is 6.19. The van der Waals surface area contributed by atoms with Gasteiger partial charge in [-0.05, 0) is 29.8 Å². The molecule has 0 aliphatic rings. The van der Waals surface area contributed by atoms with E-state index < -0.39 is 4.92 Å². The number of non-ortho nitro benzene ring substituents is 1. The quantitative estimate of drug-likeness (QED) is 0.688. The Morgan fingerprint density at radius 3 is 2.50 bits per heavy atom. The lowest BCUT2D eigenvalue weighted by Crippen LogP contribution is -1.97. The predicted octanol–water partition coefficient (Wildman–Crippen LogP) is 3.08. The third kappa shape index (κ3) is 3.15. The molecular formula is C14H11N3O2S. The standard InChI is InChI=1S/C14H11N3O2S/c15-8-10-1-6-14(11(7-10)9-16)20-13-4-2-12(3-5-13)17(18)19/h1-7H,8,15H2. The molecule has 0 saturated carbocycles. The van der Waals surface area contributed by atoms with E-state index in [1.54, 1.807) is 18.2 Å². The van der Waals surface area contributed by atoms with E-state index >= 15 is 0 Å². The number of rotatable bonds is 4. The largest absolute Gasteiger partial charge is 0.326 e. The summed E-state index contributed by atoms with van der Waals surface area (Å²) >= 11 is 1.39. The summed E-state index contributed by atoms with van der Waals surface area (Å²) in [5.74, 6) is 0. The molecule has 0 atom stereocenters. The molecule has 2 aromatic carbocycles. The summed E-state index contributed by atoms with van der Waals surface area (Å²) in [5.41, 5.74) is 7.04. The van der Waals surface area contributed by atoms with Crippen LogP contribution in [-0.4, -0.2) is 4.92 Å². The van der Waals surface area contributed by atoms with Gasteiger partial charge in [0.2, 0.25) is 0 Å². The monoisotopic (exact) mass is 285 g/mol. The van der Waals surface area contributed by atoms with Crippen molar-refractivity contribution in [2.75, 3.05) is 0 Å². The maximum absolute atomic E-state index is 10.6. The molecule has 0 aliphatic carbocycles. The van der Waals surface area contributed by atoms with Gasteiger partial charge in [0, 0.05) is 28.5 Å². The van der Waals surface area contributed by atoms with Crippen LogP contribution in [0.3, 0.4) is 0 Å². The Hall–Kier alpha value is -2.36. The van der Waals surface area contributed by atoms with E-state index in [4.69, 9.17) is 11.0 Å². The molecule has 0 radical (unpaired) electrons. The fourth-order valence-corrected chi connectivity index (χ4v) is 2.52. The minimum atomic E-state index is -0.439. The fraction of sp³-hybridized carbons (Fsp3) is 0.0714. The lowest BCUT2D eigenvalue weighted by atomic mass is 10.1. The maximum atomic E-state index is 10.6. The number of nitro groups is 1. The van der Waals surface area contributed by atoms with Crippen LogP contribution in [0.1, 0.15) is 11.1 Å². The van der Waals surface area contributed by atoms with E-state index in [1.165, 1.54) is 23.9 Å². The first-order valence-electron chi connectivity index (χ1n) is 5.79. The van der Waals surface area contributed by atoms with Crippen molar-refractivity contribution in [3.8, 4) is 6.07 Å². The first-order valence-corrected chi connectivity index (χ1v) is 6.61. The Morgan fingerprint density at radius 1 is 1.25 bits per heavy atom. The molecular weight excluding hydrogens is 274 g/mol. The predicted molar refractivity (Wildman–Crippen MR) is 76.3 cm³/mol. The molecule has 0 fully saturated rings. The summed E-state index contributed by atoms with van der Waals surface area (Å²) in [4.78, 5) is 11.8. The van der Waals surface area contributed by atoms with Gasteiger partial charge in [0.25, 0.3) is 5.69 Å². The average Bonchev–Trinajstić information content (AvgIpc) is 2.48. The summed E-state index contributed by atoms with van der Waals surface area (Å²) in [7, 11) is 0. The van der Waals surface area contributed by atoms with Crippen molar-refractivity contribution in [1.29, 1.82) is 5.26 Å². The molecule has 0 amide bonds. The number of hydrogen-bond acceptors (Lipinski definition) is 5. The van der Waals surface area contributed by atoms with Gasteiger partial charge >= 0.3 is 0 Å². The van der Waals surface area contributed by atoms with Gasteiger partial charge in [-0.3, -0.25) is 10.1 Å². The van der Waals surface area contributed by atoms with E-state index in [9.17, 15) is 10.1 Å². The van der Waals surface area contributed by atoms with E-state index in [0.717, 1.165) is 15.4 Å². The summed E-state index contributed by atoms with van der Waals surface area (Å²) in [6.07, 6.45) is 0. The molecule has 100 valence electrons. The van der Waals surface area contributed by atoms with Crippen molar-refractivity contribution >= 4 is 17.4 Å². The number of hydrogen-bond donors (Lipinski definition) is 1. The number of benzene rings is 2. The van der Waals surface area contributed by atoms with E-state index in [2.05, 4.69) is 6.07 Å². The minimum Gasteiger partial charge on any atom is -0.326 e. The molecule has 0 aromatic heterocycles. The molecule has 2 rings (SSSR count). The van der Waals surface area contributed by atoms with Crippen molar-refractivity contribution in [3.63, 3.8) is 0 Å². The van der Waals surface area contributed by atoms with Crippen molar-refractivity contribution < 1.29 is 4.92 Å². The first-order chi connectivity index (χ1) is 9.63. The summed E-state index contributed by atoms with van der Waals surface area (Å²) in [5, 5.41) is 19.7. The van der Waals surface area contributed by atoms with Crippen LogP contribution in [0.2, 0.25) is 0 Å². The third-order valence-electron chi connectivity index (χ3n) is 2.68. The van der Waals surface area contributed by atoms with E-state index in [0.29, 0.717) is 12.1 Å². The second-order valence-corrected chi connectivity index (χ2v) is 5.11. The van der Waals surface area contributed by atoms with Crippen LogP contribution in [0.15, 0.2) is 52.3 Å². The van der Waals surface area contributed by atoms with Crippen LogP contribution in [0.25, 0.3) is 0 Å². The smallest absolute Gasteiger partial charge is 0.269 e. The van der Waals surface area contributed by atoms with Crippen molar-refractivity contribution in [2.45, 2.75) is 16.3 Å². The highest BCUT2D eigenvalue weighted by Crippen LogP contribution is 2.31. The molecule has 0 saturated heterocycles. The molecule has 20 heavy (non-hydrogen) atoms. The maximum Gasteiger partial charge on any atom is 0.269 e. The van der Waals surface area contributed by atoms with Crippen LogP contribution < -0.4 is 5.73 Å². The molecule has 0 heterocycles. The third-order valence-corrected chi connectivity index (χ3v) is 3.76. The van der Waals surface area contributed by atoms with Crippen LogP contribution in [-0.2, 0) is 6.54 Å². The SMILES string of the molecule is N#Cc1cc(CN)ccc1Sc1ccc([N+](=O)[O-])cc1. The molecule has 5 nitrogen and oxygen atoms in total. The Labute approximate surface area is 120 Å². The summed E-state index contributed by atoms with van der Waals surface area (Å²) in [6, 6.07) is 13.8. The molecule has 0 aliphatic heterocycles. The fourth-order valence-electron chi connectivity index (χ4n) is 1.64. The van der Waals surface area contributed by atoms with E-state index in [-0.39, 0.29) is 5.69 Å². The van der Waals surface area contributed by atoms with Crippen LogP contribution in [0.4, 0.5) is 5.69 Å². The van der Waals surface area contributed by atoms with Crippen LogP contribution in [0.5, 0.6) is 0 Å². The topological polar surface area (TPSA) is 93.0 Å². The van der Waals surface area contributed by atoms with Gasteiger partial charge in [0.15, 0.2) is 0 Å². The number of nitrogens with zero attached hydrogens (tertiary/aromatic N) is 2. The summed E-state index contributed by atoms with van der Waals surface area (Å²) in [6.45, 7) is 0.386. The number of nitro benzene ring substituents is 1. The highest BCUT2D eigenvalue weighted by atomic mass is 32.2. The number of nitriles is 1. The normalized spacial score (nSPS) is 10.0. The highest BCUT2D eigenvalue weighted by molar-refractivity contribution is 7.99. The van der Waals surface area contributed by atoms with E-state index in [1.807, 2.05) is 12.1 Å².